The van der Waals surface area contributed by atoms with Gasteiger partial charge in [0, 0.05) is 22.3 Å². The molecule has 0 aliphatic carbocycles. The van der Waals surface area contributed by atoms with Crippen LogP contribution in [0, 0.1) is 6.92 Å². The summed E-state index contributed by atoms with van der Waals surface area (Å²) < 4.78 is 0. The number of carbonyl (C=O) groups excluding carboxylic acids is 2. The van der Waals surface area contributed by atoms with Crippen LogP contribution in [-0.4, -0.2) is 25.5 Å². The number of halogens is 1. The Morgan fingerprint density at radius 2 is 1.82 bits per heavy atom. The van der Waals surface area contributed by atoms with Gasteiger partial charge in [-0.25, -0.2) is 9.86 Å². The van der Waals surface area contributed by atoms with Crippen molar-refractivity contribution in [1.82, 2.24) is 5.32 Å². The van der Waals surface area contributed by atoms with Crippen LogP contribution in [-0.2, 0) is 4.84 Å². The summed E-state index contributed by atoms with van der Waals surface area (Å²) in [6.07, 6.45) is 1.77. The van der Waals surface area contributed by atoms with Gasteiger partial charge in [-0.05, 0) is 86.5 Å². The Bertz CT molecular complexity index is 1160. The number of nitrogens with zero attached hydrogens (tertiary/aromatic N) is 1. The largest absolute Gasteiger partial charge is 0.363 e. The van der Waals surface area contributed by atoms with Crippen molar-refractivity contribution in [2.75, 3.05) is 24.0 Å². The molecule has 0 saturated heterocycles. The Morgan fingerprint density at radius 1 is 1.06 bits per heavy atom. The molecule has 0 saturated carbocycles. The molecule has 1 unspecified atom stereocenters. The van der Waals surface area contributed by atoms with Gasteiger partial charge in [0.25, 0.3) is 5.91 Å². The number of benzene rings is 3. The topological polar surface area (TPSA) is 70.7 Å². The number of amides is 1. The Morgan fingerprint density at radius 3 is 2.55 bits per heavy atom. The van der Waals surface area contributed by atoms with Gasteiger partial charge in [-0.1, -0.05) is 29.8 Å². The quantitative estimate of drug-likeness (QED) is 0.520. The molecule has 170 valence electrons. The standard InChI is InChI=1S/C26H26ClN3O3/c1-17-6-3-4-7-21(17)25(31)29-20-12-9-18(10-13-20)26(32)33-30-15-5-8-23(28-2)22-16-19(27)11-14-24(22)30/h3-4,6-7,9-14,16,23,28H,5,8,15H2,1-2H3,(H,29,31). The van der Waals surface area contributed by atoms with Crippen LogP contribution >= 0.6 is 11.6 Å². The summed E-state index contributed by atoms with van der Waals surface area (Å²) in [5, 5.41) is 8.46. The van der Waals surface area contributed by atoms with Crippen molar-refractivity contribution >= 4 is 34.9 Å². The molecule has 3 aromatic rings. The van der Waals surface area contributed by atoms with Crippen molar-refractivity contribution in [3.63, 3.8) is 0 Å². The van der Waals surface area contributed by atoms with Crippen LogP contribution in [0.5, 0.6) is 0 Å². The molecule has 2 N–H and O–H groups in total. The fourth-order valence-corrected chi connectivity index (χ4v) is 4.19. The predicted octanol–water partition coefficient (Wildman–Crippen LogP) is 5.53. The third kappa shape index (κ3) is 5.18. The molecule has 1 heterocycles. The van der Waals surface area contributed by atoms with Crippen molar-refractivity contribution in [3.8, 4) is 0 Å². The molecule has 7 heteroatoms. The SMILES string of the molecule is CNC1CCCN(OC(=O)c2ccc(NC(=O)c3ccccc3C)cc2)c2ccc(Cl)cc21. The summed E-state index contributed by atoms with van der Waals surface area (Å²) in [7, 11) is 1.91. The highest BCUT2D eigenvalue weighted by Crippen LogP contribution is 2.35. The Labute approximate surface area is 198 Å². The first-order valence-corrected chi connectivity index (χ1v) is 11.3. The first-order valence-electron chi connectivity index (χ1n) is 10.9. The molecule has 0 radical (unpaired) electrons. The Balaban J connectivity index is 1.47. The number of hydrogen-bond acceptors (Lipinski definition) is 5. The highest BCUT2D eigenvalue weighted by molar-refractivity contribution is 6.30. The first-order chi connectivity index (χ1) is 16.0. The van der Waals surface area contributed by atoms with E-state index < -0.39 is 5.97 Å². The fourth-order valence-electron chi connectivity index (χ4n) is 4.01. The second-order valence-electron chi connectivity index (χ2n) is 8.01. The van der Waals surface area contributed by atoms with Crippen LogP contribution in [0.15, 0.2) is 66.7 Å². The average Bonchev–Trinajstić information content (AvgIpc) is 2.98. The van der Waals surface area contributed by atoms with Crippen LogP contribution < -0.4 is 15.7 Å². The number of carbonyl (C=O) groups is 2. The predicted molar refractivity (Wildman–Crippen MR) is 131 cm³/mol. The second-order valence-corrected chi connectivity index (χ2v) is 8.45. The maximum atomic E-state index is 12.9. The van der Waals surface area contributed by atoms with Gasteiger partial charge in [-0.3, -0.25) is 4.79 Å². The van der Waals surface area contributed by atoms with Gasteiger partial charge in [0.2, 0.25) is 0 Å². The molecule has 0 spiro atoms. The van der Waals surface area contributed by atoms with Gasteiger partial charge in [0.1, 0.15) is 0 Å². The number of fused-ring (bicyclic) bond motifs is 1. The highest BCUT2D eigenvalue weighted by atomic mass is 35.5. The zero-order valence-electron chi connectivity index (χ0n) is 18.6. The summed E-state index contributed by atoms with van der Waals surface area (Å²) in [5.41, 5.74) is 4.34. The third-order valence-electron chi connectivity index (χ3n) is 5.80. The van der Waals surface area contributed by atoms with Gasteiger partial charge in [0.15, 0.2) is 0 Å². The molecule has 0 aromatic heterocycles. The first kappa shape index (κ1) is 22.8. The van der Waals surface area contributed by atoms with Crippen molar-refractivity contribution in [3.05, 3.63) is 94.0 Å². The Hall–Kier alpha value is -3.35. The van der Waals surface area contributed by atoms with Gasteiger partial charge >= 0.3 is 5.97 Å². The summed E-state index contributed by atoms with van der Waals surface area (Å²) >= 11 is 6.22. The summed E-state index contributed by atoms with van der Waals surface area (Å²) in [4.78, 5) is 31.1. The normalized spacial score (nSPS) is 15.4. The molecule has 1 amide bonds. The molecule has 1 atom stereocenters. The molecule has 1 aliphatic heterocycles. The van der Waals surface area contributed by atoms with Crippen LogP contribution in [0.4, 0.5) is 11.4 Å². The number of anilines is 2. The molecule has 4 rings (SSSR count). The van der Waals surface area contributed by atoms with E-state index in [1.807, 2.05) is 44.3 Å². The minimum atomic E-state index is -0.462. The average molecular weight is 464 g/mol. The van der Waals surface area contributed by atoms with Gasteiger partial charge in [0.05, 0.1) is 17.8 Å². The number of rotatable bonds is 5. The monoisotopic (exact) mass is 463 g/mol. The van der Waals surface area contributed by atoms with E-state index in [1.165, 1.54) is 0 Å². The van der Waals surface area contributed by atoms with Crippen molar-refractivity contribution in [2.45, 2.75) is 25.8 Å². The Kier molecular flexibility index (Phi) is 6.96. The highest BCUT2D eigenvalue weighted by Gasteiger charge is 2.25. The lowest BCUT2D eigenvalue weighted by atomic mass is 10.0. The lowest BCUT2D eigenvalue weighted by Crippen LogP contribution is -2.28. The number of hydroxylamine groups is 1. The van der Waals surface area contributed by atoms with Crippen molar-refractivity contribution in [1.29, 1.82) is 0 Å². The van der Waals surface area contributed by atoms with Crippen LogP contribution in [0.3, 0.4) is 0 Å². The van der Waals surface area contributed by atoms with Crippen molar-refractivity contribution < 1.29 is 14.4 Å². The summed E-state index contributed by atoms with van der Waals surface area (Å²) in [6.45, 7) is 2.48. The molecule has 6 nitrogen and oxygen atoms in total. The van der Waals surface area contributed by atoms with E-state index in [9.17, 15) is 9.59 Å². The van der Waals surface area contributed by atoms with Crippen LogP contribution in [0.1, 0.15) is 50.7 Å². The molecule has 1 aliphatic rings. The summed E-state index contributed by atoms with van der Waals surface area (Å²) in [5.74, 6) is -0.655. The maximum Gasteiger partial charge on any atom is 0.363 e. The van der Waals surface area contributed by atoms with E-state index in [0.717, 1.165) is 29.7 Å². The second kappa shape index (κ2) is 10.1. The number of nitrogens with one attached hydrogen (secondary N) is 2. The minimum absolute atomic E-state index is 0.138. The van der Waals surface area contributed by atoms with Crippen molar-refractivity contribution in [2.24, 2.45) is 0 Å². The smallest absolute Gasteiger partial charge is 0.335 e. The number of aryl methyl sites for hydroxylation is 1. The molecule has 33 heavy (non-hydrogen) atoms. The molecule has 0 fully saturated rings. The fraction of sp³-hybridized carbons (Fsp3) is 0.231. The van der Waals surface area contributed by atoms with E-state index in [1.54, 1.807) is 41.5 Å². The lowest BCUT2D eigenvalue weighted by Gasteiger charge is -2.24. The lowest BCUT2D eigenvalue weighted by molar-refractivity contribution is 0.0450. The zero-order valence-corrected chi connectivity index (χ0v) is 19.4. The van der Waals surface area contributed by atoms with Crippen LogP contribution in [0.25, 0.3) is 0 Å². The molecule has 3 aromatic carbocycles. The van der Waals surface area contributed by atoms with Gasteiger partial charge in [-0.2, -0.15) is 0 Å². The van der Waals surface area contributed by atoms with E-state index in [2.05, 4.69) is 10.6 Å². The zero-order chi connectivity index (χ0) is 23.4. The summed E-state index contributed by atoms with van der Waals surface area (Å²) in [6, 6.07) is 19.8. The van der Waals surface area contributed by atoms with E-state index >= 15 is 0 Å². The number of hydrogen-bond donors (Lipinski definition) is 2. The van der Waals surface area contributed by atoms with Crippen LogP contribution in [0.2, 0.25) is 5.02 Å². The third-order valence-corrected chi connectivity index (χ3v) is 6.03. The van der Waals surface area contributed by atoms with Gasteiger partial charge in [-0.15, -0.1) is 0 Å². The molecular weight excluding hydrogens is 438 g/mol. The van der Waals surface area contributed by atoms with Gasteiger partial charge < -0.3 is 15.5 Å². The minimum Gasteiger partial charge on any atom is -0.335 e. The van der Waals surface area contributed by atoms with E-state index in [4.69, 9.17) is 16.4 Å². The van der Waals surface area contributed by atoms with E-state index in [-0.39, 0.29) is 11.9 Å². The molecule has 0 bridgehead atoms. The maximum absolute atomic E-state index is 12.9. The molecular formula is C26H26ClN3O3. The van der Waals surface area contributed by atoms with E-state index in [0.29, 0.717) is 28.4 Å².